The zero-order valence-electron chi connectivity index (χ0n) is 10.4. The molecule has 1 nitrogen and oxygen atoms in total. The van der Waals surface area contributed by atoms with Gasteiger partial charge in [-0.3, -0.25) is 0 Å². The van der Waals surface area contributed by atoms with E-state index in [0.29, 0.717) is 0 Å². The molecule has 106 valence electrons. The number of hydrogen-bond donors (Lipinski definition) is 1. The van der Waals surface area contributed by atoms with Crippen LogP contribution in [0.1, 0.15) is 18.1 Å². The summed E-state index contributed by atoms with van der Waals surface area (Å²) in [6, 6.07) is 5.54. The van der Waals surface area contributed by atoms with Crippen molar-refractivity contribution in [3.05, 3.63) is 69.0 Å². The van der Waals surface area contributed by atoms with E-state index in [1.54, 1.807) is 0 Å². The van der Waals surface area contributed by atoms with E-state index in [0.717, 1.165) is 18.2 Å². The highest BCUT2D eigenvalue weighted by molar-refractivity contribution is 6.35. The van der Waals surface area contributed by atoms with Gasteiger partial charge in [0, 0.05) is 5.02 Å². The maximum absolute atomic E-state index is 13.6. The number of nitrogens with two attached hydrogens (primary N) is 1. The Bertz CT molecular complexity index is 672. The van der Waals surface area contributed by atoms with Crippen molar-refractivity contribution in [2.75, 3.05) is 0 Å². The molecule has 1 unspecified atom stereocenters. The molecular formula is C14H10Cl2F3N. The van der Waals surface area contributed by atoms with Gasteiger partial charge in [-0.25, -0.2) is 13.2 Å². The van der Waals surface area contributed by atoms with E-state index in [4.69, 9.17) is 28.9 Å². The van der Waals surface area contributed by atoms with E-state index >= 15 is 0 Å². The molecule has 0 aliphatic rings. The molecule has 0 spiro atoms. The molecule has 0 aliphatic carbocycles. The molecular weight excluding hydrogens is 310 g/mol. The minimum atomic E-state index is -1.29. The van der Waals surface area contributed by atoms with Crippen molar-refractivity contribution in [1.29, 1.82) is 0 Å². The number of benzene rings is 2. The normalized spacial score (nSPS) is 14.2. The molecule has 0 heterocycles. The van der Waals surface area contributed by atoms with E-state index in [1.165, 1.54) is 19.1 Å². The molecule has 0 amide bonds. The fourth-order valence-electron chi connectivity index (χ4n) is 1.90. The van der Waals surface area contributed by atoms with Gasteiger partial charge in [0.2, 0.25) is 0 Å². The highest BCUT2D eigenvalue weighted by atomic mass is 35.5. The Hall–Kier alpha value is -1.23. The molecule has 2 rings (SSSR count). The smallest absolute Gasteiger partial charge is 0.159 e. The van der Waals surface area contributed by atoms with E-state index in [9.17, 15) is 13.2 Å². The second-order valence-electron chi connectivity index (χ2n) is 4.58. The predicted molar refractivity (Wildman–Crippen MR) is 73.4 cm³/mol. The lowest BCUT2D eigenvalue weighted by atomic mass is 9.85. The first-order valence-corrected chi connectivity index (χ1v) is 6.38. The fraction of sp³-hybridized carbons (Fsp3) is 0.143. The molecule has 0 saturated carbocycles. The molecule has 0 saturated heterocycles. The number of rotatable bonds is 2. The molecule has 0 bridgehead atoms. The Balaban J connectivity index is 2.59. The summed E-state index contributed by atoms with van der Waals surface area (Å²) in [7, 11) is 0. The van der Waals surface area contributed by atoms with Gasteiger partial charge in [-0.15, -0.1) is 0 Å². The van der Waals surface area contributed by atoms with Crippen molar-refractivity contribution in [2.24, 2.45) is 5.73 Å². The average Bonchev–Trinajstić information content (AvgIpc) is 2.36. The predicted octanol–water partition coefficient (Wildman–Crippen LogP) is 4.63. The summed E-state index contributed by atoms with van der Waals surface area (Å²) in [5.74, 6) is -2.71. The number of halogens is 5. The molecule has 2 aromatic carbocycles. The molecule has 0 radical (unpaired) electrons. The largest absolute Gasteiger partial charge is 0.318 e. The van der Waals surface area contributed by atoms with Crippen molar-refractivity contribution < 1.29 is 13.2 Å². The Labute approximate surface area is 124 Å². The standard InChI is InChI=1S/C14H10Cl2F3N/c1-14(20,7-2-3-11(17)13(19)4-7)8-5-12(18)10(16)6-9(8)15/h2-6H,20H2,1H3. The Morgan fingerprint density at radius 1 is 0.900 bits per heavy atom. The Morgan fingerprint density at radius 2 is 1.55 bits per heavy atom. The monoisotopic (exact) mass is 319 g/mol. The summed E-state index contributed by atoms with van der Waals surface area (Å²) in [6.07, 6.45) is 0. The third kappa shape index (κ3) is 2.64. The Kier molecular flexibility index (Phi) is 4.00. The minimum Gasteiger partial charge on any atom is -0.318 e. The van der Waals surface area contributed by atoms with Gasteiger partial charge in [0.1, 0.15) is 5.82 Å². The van der Waals surface area contributed by atoms with Crippen LogP contribution in [0, 0.1) is 17.5 Å². The first-order chi connectivity index (χ1) is 9.23. The zero-order chi connectivity index (χ0) is 15.1. The van der Waals surface area contributed by atoms with Crippen LogP contribution in [0.3, 0.4) is 0 Å². The maximum Gasteiger partial charge on any atom is 0.159 e. The van der Waals surface area contributed by atoms with E-state index in [2.05, 4.69) is 0 Å². The van der Waals surface area contributed by atoms with E-state index in [1.807, 2.05) is 0 Å². The molecule has 0 aliphatic heterocycles. The van der Waals surface area contributed by atoms with Crippen LogP contribution in [0.15, 0.2) is 30.3 Å². The molecule has 0 aromatic heterocycles. The SMILES string of the molecule is CC(N)(c1ccc(F)c(F)c1)c1cc(F)c(Cl)cc1Cl. The summed E-state index contributed by atoms with van der Waals surface area (Å²) in [6.45, 7) is 1.52. The van der Waals surface area contributed by atoms with Gasteiger partial charge in [0.05, 0.1) is 10.6 Å². The summed E-state index contributed by atoms with van der Waals surface area (Å²) < 4.78 is 39.8. The lowest BCUT2D eigenvalue weighted by Crippen LogP contribution is -2.35. The number of hydrogen-bond acceptors (Lipinski definition) is 1. The summed E-state index contributed by atoms with van der Waals surface area (Å²) in [4.78, 5) is 0. The van der Waals surface area contributed by atoms with Crippen LogP contribution >= 0.6 is 23.2 Å². The summed E-state index contributed by atoms with van der Waals surface area (Å²) in [5.41, 5.74) is 5.31. The van der Waals surface area contributed by atoms with Gasteiger partial charge in [-0.1, -0.05) is 29.3 Å². The second-order valence-corrected chi connectivity index (χ2v) is 5.39. The van der Waals surface area contributed by atoms with Crippen LogP contribution in [-0.4, -0.2) is 0 Å². The van der Waals surface area contributed by atoms with Gasteiger partial charge in [-0.05, 0) is 42.3 Å². The van der Waals surface area contributed by atoms with Crippen LogP contribution in [0.2, 0.25) is 10.0 Å². The van der Waals surface area contributed by atoms with Crippen molar-refractivity contribution >= 4 is 23.2 Å². The van der Waals surface area contributed by atoms with Gasteiger partial charge >= 0.3 is 0 Å². The van der Waals surface area contributed by atoms with Crippen LogP contribution in [0.4, 0.5) is 13.2 Å². The van der Waals surface area contributed by atoms with Crippen LogP contribution in [-0.2, 0) is 5.54 Å². The average molecular weight is 320 g/mol. The van der Waals surface area contributed by atoms with E-state index in [-0.39, 0.29) is 21.2 Å². The van der Waals surface area contributed by atoms with Crippen LogP contribution in [0.25, 0.3) is 0 Å². The molecule has 2 N–H and O–H groups in total. The lowest BCUT2D eigenvalue weighted by molar-refractivity contribution is 0.499. The third-order valence-corrected chi connectivity index (χ3v) is 3.69. The van der Waals surface area contributed by atoms with Gasteiger partial charge < -0.3 is 5.73 Å². The van der Waals surface area contributed by atoms with Crippen LogP contribution < -0.4 is 5.73 Å². The minimum absolute atomic E-state index is 0.139. The molecule has 6 heteroatoms. The lowest BCUT2D eigenvalue weighted by Gasteiger charge is -2.27. The van der Waals surface area contributed by atoms with Gasteiger partial charge in [0.25, 0.3) is 0 Å². The Morgan fingerprint density at radius 3 is 2.15 bits per heavy atom. The quantitative estimate of drug-likeness (QED) is 0.802. The van der Waals surface area contributed by atoms with E-state index < -0.39 is 23.0 Å². The highest BCUT2D eigenvalue weighted by Gasteiger charge is 2.28. The third-order valence-electron chi connectivity index (χ3n) is 3.09. The van der Waals surface area contributed by atoms with Crippen molar-refractivity contribution in [3.8, 4) is 0 Å². The molecule has 2 aromatic rings. The zero-order valence-corrected chi connectivity index (χ0v) is 11.9. The molecule has 20 heavy (non-hydrogen) atoms. The first-order valence-electron chi connectivity index (χ1n) is 5.63. The molecule has 1 atom stereocenters. The first kappa shape index (κ1) is 15.2. The molecule has 0 fully saturated rings. The van der Waals surface area contributed by atoms with Crippen molar-refractivity contribution in [2.45, 2.75) is 12.5 Å². The second kappa shape index (κ2) is 5.28. The highest BCUT2D eigenvalue weighted by Crippen LogP contribution is 2.35. The fourth-order valence-corrected chi connectivity index (χ4v) is 2.47. The van der Waals surface area contributed by atoms with Gasteiger partial charge in [-0.2, -0.15) is 0 Å². The topological polar surface area (TPSA) is 26.0 Å². The van der Waals surface area contributed by atoms with Crippen molar-refractivity contribution in [1.82, 2.24) is 0 Å². The summed E-state index contributed by atoms with van der Waals surface area (Å²) >= 11 is 11.6. The van der Waals surface area contributed by atoms with Crippen LogP contribution in [0.5, 0.6) is 0 Å². The van der Waals surface area contributed by atoms with Crippen molar-refractivity contribution in [3.63, 3.8) is 0 Å². The summed E-state index contributed by atoms with van der Waals surface area (Å²) in [5, 5.41) is 0.00553. The van der Waals surface area contributed by atoms with Gasteiger partial charge in [0.15, 0.2) is 11.6 Å². The maximum atomic E-state index is 13.6.